The third-order valence-electron chi connectivity index (χ3n) is 13.4. The second-order valence-electron chi connectivity index (χ2n) is 21.4. The van der Waals surface area contributed by atoms with Gasteiger partial charge in [0.15, 0.2) is 0 Å². The molecule has 14 heteroatoms. The van der Waals surface area contributed by atoms with E-state index in [9.17, 15) is 19.2 Å². The highest BCUT2D eigenvalue weighted by Gasteiger charge is 2.40. The molecule has 2 unspecified atom stereocenters. The van der Waals surface area contributed by atoms with Crippen LogP contribution in [0.3, 0.4) is 0 Å². The number of likely N-dealkylation sites (tertiary alicyclic amines) is 2. The number of aromatic amines is 2. The van der Waals surface area contributed by atoms with Gasteiger partial charge in [0.25, 0.3) is 0 Å². The second-order valence-corrected chi connectivity index (χ2v) is 21.4. The molecule has 2 saturated heterocycles. The Morgan fingerprint density at radius 1 is 0.667 bits per heavy atom. The Kier molecular flexibility index (Phi) is 14.4. The number of amides is 4. The van der Waals surface area contributed by atoms with Crippen molar-refractivity contribution in [1.82, 2.24) is 40.4 Å². The number of benzene rings is 1. The van der Waals surface area contributed by atoms with Crippen LogP contribution in [0, 0.1) is 23.7 Å². The average Bonchev–Trinajstić information content (AvgIpc) is 4.07. The Hall–Kier alpha value is -5.66. The number of ether oxygens (including phenoxy) is 2. The van der Waals surface area contributed by atoms with E-state index in [1.807, 2.05) is 49.9 Å². The van der Waals surface area contributed by atoms with Crippen LogP contribution >= 0.6 is 0 Å². The summed E-state index contributed by atoms with van der Waals surface area (Å²) in [5.41, 5.74) is 5.91. The summed E-state index contributed by atoms with van der Waals surface area (Å²) < 4.78 is 11.0. The van der Waals surface area contributed by atoms with Gasteiger partial charge in [-0.3, -0.25) is 9.59 Å². The van der Waals surface area contributed by atoms with E-state index in [0.29, 0.717) is 24.9 Å². The largest absolute Gasteiger partial charge is 0.444 e. The number of carbonyl (C=O) groups excluding carboxylic acids is 4. The Bertz CT molecular complexity index is 2320. The van der Waals surface area contributed by atoms with Crippen LogP contribution in [-0.4, -0.2) is 90.1 Å². The van der Waals surface area contributed by atoms with Gasteiger partial charge in [-0.1, -0.05) is 70.7 Å². The summed E-state index contributed by atoms with van der Waals surface area (Å²) in [6, 6.07) is 6.71. The van der Waals surface area contributed by atoms with Crippen molar-refractivity contribution in [2.45, 2.75) is 156 Å². The number of alkyl carbamates (subject to hydrolysis) is 2. The summed E-state index contributed by atoms with van der Waals surface area (Å²) in [5.74, 6) is 2.05. The van der Waals surface area contributed by atoms with E-state index in [-0.39, 0.29) is 35.7 Å². The second kappa shape index (κ2) is 19.7. The van der Waals surface area contributed by atoms with Crippen molar-refractivity contribution in [3.63, 3.8) is 0 Å². The van der Waals surface area contributed by atoms with E-state index in [4.69, 9.17) is 19.4 Å². The molecule has 3 aromatic rings. The van der Waals surface area contributed by atoms with Crippen LogP contribution in [0.2, 0.25) is 0 Å². The molecular formula is C52H72N8O6. The van der Waals surface area contributed by atoms with Gasteiger partial charge in [-0.2, -0.15) is 0 Å². The fraction of sp³-hybridized carbons (Fsp3) is 0.577. The van der Waals surface area contributed by atoms with Crippen LogP contribution in [0.5, 0.6) is 0 Å². The van der Waals surface area contributed by atoms with E-state index in [2.05, 4.69) is 63.6 Å². The van der Waals surface area contributed by atoms with Gasteiger partial charge in [0.1, 0.15) is 34.9 Å². The molecule has 2 aliphatic heterocycles. The Balaban J connectivity index is 1.07. The lowest BCUT2D eigenvalue weighted by molar-refractivity contribution is -0.136. The highest BCUT2D eigenvalue weighted by Crippen LogP contribution is 2.47. The molecule has 14 nitrogen and oxygen atoms in total. The van der Waals surface area contributed by atoms with Crippen LogP contribution in [0.4, 0.5) is 9.59 Å². The van der Waals surface area contributed by atoms with Gasteiger partial charge in [0, 0.05) is 18.7 Å². The van der Waals surface area contributed by atoms with Gasteiger partial charge in [-0.05, 0) is 139 Å². The number of hydrogen-bond acceptors (Lipinski definition) is 8. The molecule has 4 N–H and O–H groups in total. The maximum absolute atomic E-state index is 14.0. The van der Waals surface area contributed by atoms with Crippen LogP contribution in [-0.2, 0) is 19.1 Å². The highest BCUT2D eigenvalue weighted by molar-refractivity contribution is 5.87. The van der Waals surface area contributed by atoms with Crippen molar-refractivity contribution in [2.75, 3.05) is 13.1 Å². The maximum atomic E-state index is 14.0. The third kappa shape index (κ3) is 11.3. The topological polar surface area (TPSA) is 175 Å². The normalized spacial score (nSPS) is 23.9. The monoisotopic (exact) mass is 905 g/mol. The predicted molar refractivity (Wildman–Crippen MR) is 257 cm³/mol. The molecule has 4 heterocycles. The Morgan fingerprint density at radius 3 is 1.59 bits per heavy atom. The molecule has 7 rings (SSSR count). The number of nitrogens with zero attached hydrogens (tertiary/aromatic N) is 4. The Labute approximate surface area is 390 Å². The standard InChI is InChI=1S/C52H72N8O6/c1-30(2)43(57-49(63)65-51(6,7)8)47(61)59-24-12-14-41(59)45-53-28-39(55-45)34-18-16-33(17-19-34)36-22-23-38(32(5)26-35-20-21-37(35)27-36)40-29-54-46(56-40)42-15-13-25-60(42)48(62)44(31(3)4)58-50(64)66-52(9,10)11/h16-19,22-23,28-31,35,37,41-44H,5,12-15,20-21,24-27H2,1-4,6-11H3,(H,53,55)(H,54,56)(H,57,63)(H,58,64)/b36-22+,38-23+/t35?,37?,41-,42-,43-,44-/m0/s1. The molecule has 0 bridgehead atoms. The SMILES string of the molecule is C=C1CC2CCC2C/C(c2ccc(-c3cnc([C@@H]4CCCN4C(=O)[C@@H](NC(=O)OC(C)(C)C)C(C)C)[nH]3)cc2)=C\C=C/1c1cnc([C@@H]2CCCN2C(=O)[C@@H](NC(=O)OC(C)(C)C)C(C)C)[nH]1. The minimum Gasteiger partial charge on any atom is -0.444 e. The molecule has 0 radical (unpaired) electrons. The number of imidazole rings is 2. The van der Waals surface area contributed by atoms with E-state index in [0.717, 1.165) is 83.8 Å². The van der Waals surface area contributed by atoms with Gasteiger partial charge in [-0.15, -0.1) is 0 Å². The summed E-state index contributed by atoms with van der Waals surface area (Å²) in [5, 5.41) is 5.66. The lowest BCUT2D eigenvalue weighted by Crippen LogP contribution is -2.52. The van der Waals surface area contributed by atoms with E-state index in [1.165, 1.54) is 18.4 Å². The molecule has 3 fully saturated rings. The summed E-state index contributed by atoms with van der Waals surface area (Å²) in [6.07, 6.45) is 14.4. The zero-order valence-corrected chi connectivity index (χ0v) is 40.8. The molecule has 356 valence electrons. The highest BCUT2D eigenvalue weighted by atomic mass is 16.6. The number of H-pyrrole nitrogens is 2. The fourth-order valence-corrected chi connectivity index (χ4v) is 9.79. The molecule has 1 aromatic carbocycles. The predicted octanol–water partition coefficient (Wildman–Crippen LogP) is 10.1. The molecule has 4 aliphatic rings. The summed E-state index contributed by atoms with van der Waals surface area (Å²) in [6.45, 7) is 24.3. The molecule has 1 saturated carbocycles. The Morgan fingerprint density at radius 2 is 1.12 bits per heavy atom. The number of carbonyl (C=O) groups is 4. The molecule has 66 heavy (non-hydrogen) atoms. The smallest absolute Gasteiger partial charge is 0.408 e. The fourth-order valence-electron chi connectivity index (χ4n) is 9.79. The van der Waals surface area contributed by atoms with Crippen molar-refractivity contribution in [3.05, 3.63) is 83.9 Å². The van der Waals surface area contributed by atoms with Crippen molar-refractivity contribution >= 4 is 35.1 Å². The maximum Gasteiger partial charge on any atom is 0.408 e. The van der Waals surface area contributed by atoms with Gasteiger partial charge in [0.2, 0.25) is 11.8 Å². The number of allylic oxidation sites excluding steroid dienone is 5. The van der Waals surface area contributed by atoms with Crippen LogP contribution in [0.15, 0.2) is 61.0 Å². The molecule has 2 aromatic heterocycles. The van der Waals surface area contributed by atoms with E-state index >= 15 is 0 Å². The van der Waals surface area contributed by atoms with Crippen LogP contribution in [0.25, 0.3) is 22.4 Å². The van der Waals surface area contributed by atoms with Crippen molar-refractivity contribution < 1.29 is 28.7 Å². The molecular weight excluding hydrogens is 833 g/mol. The molecule has 4 amide bonds. The first-order chi connectivity index (χ1) is 31.2. The quantitative estimate of drug-likeness (QED) is 0.147. The zero-order valence-electron chi connectivity index (χ0n) is 40.8. The lowest BCUT2D eigenvalue weighted by Gasteiger charge is -2.37. The number of hydrogen-bond donors (Lipinski definition) is 4. The van der Waals surface area contributed by atoms with Crippen LogP contribution < -0.4 is 10.6 Å². The van der Waals surface area contributed by atoms with E-state index < -0.39 is 35.5 Å². The number of rotatable bonds is 11. The van der Waals surface area contributed by atoms with E-state index in [1.54, 1.807) is 41.5 Å². The first-order valence-electron chi connectivity index (χ1n) is 24.1. The first kappa shape index (κ1) is 48.3. The lowest BCUT2D eigenvalue weighted by atomic mass is 9.67. The molecule has 6 atom stereocenters. The summed E-state index contributed by atoms with van der Waals surface area (Å²) >= 11 is 0. The summed E-state index contributed by atoms with van der Waals surface area (Å²) in [4.78, 5) is 73.8. The number of fused-ring (bicyclic) bond motifs is 1. The average molecular weight is 905 g/mol. The molecule has 2 aliphatic carbocycles. The molecule has 0 spiro atoms. The van der Waals surface area contributed by atoms with Crippen LogP contribution in [0.1, 0.15) is 156 Å². The third-order valence-corrected chi connectivity index (χ3v) is 13.4. The van der Waals surface area contributed by atoms with Gasteiger partial charge >= 0.3 is 12.2 Å². The van der Waals surface area contributed by atoms with Crippen molar-refractivity contribution in [3.8, 4) is 11.3 Å². The van der Waals surface area contributed by atoms with Gasteiger partial charge in [-0.25, -0.2) is 19.6 Å². The van der Waals surface area contributed by atoms with Crippen molar-refractivity contribution in [1.29, 1.82) is 0 Å². The summed E-state index contributed by atoms with van der Waals surface area (Å²) in [7, 11) is 0. The zero-order chi connectivity index (χ0) is 47.7. The number of aromatic nitrogens is 4. The minimum atomic E-state index is -0.725. The van der Waals surface area contributed by atoms with Gasteiger partial charge < -0.3 is 39.9 Å². The minimum absolute atomic E-state index is 0.128. The van der Waals surface area contributed by atoms with Crippen molar-refractivity contribution in [2.24, 2.45) is 23.7 Å². The van der Waals surface area contributed by atoms with Gasteiger partial charge in [0.05, 0.1) is 35.9 Å². The number of nitrogens with one attached hydrogen (secondary N) is 4. The first-order valence-corrected chi connectivity index (χ1v) is 24.1.